The molecule has 1 N–H and O–H groups in total. The van der Waals surface area contributed by atoms with Crippen LogP contribution < -0.4 is 5.32 Å². The number of amides is 3. The maximum absolute atomic E-state index is 12.3. The first kappa shape index (κ1) is 14.1. The fraction of sp³-hybridized carbons (Fsp3) is 0.846. The van der Waals surface area contributed by atoms with E-state index in [-0.39, 0.29) is 17.5 Å². The summed E-state index contributed by atoms with van der Waals surface area (Å²) in [7, 11) is 1.63. The maximum atomic E-state index is 12.3. The van der Waals surface area contributed by atoms with Crippen LogP contribution in [0.1, 0.15) is 26.2 Å². The van der Waals surface area contributed by atoms with Gasteiger partial charge >= 0.3 is 6.03 Å². The Bertz CT molecular complexity index is 353. The highest BCUT2D eigenvalue weighted by Gasteiger charge is 2.44. The van der Waals surface area contributed by atoms with Crippen molar-refractivity contribution in [1.29, 1.82) is 0 Å². The van der Waals surface area contributed by atoms with Gasteiger partial charge in [-0.05, 0) is 19.8 Å². The summed E-state index contributed by atoms with van der Waals surface area (Å²) in [6.07, 6.45) is 2.02. The quantitative estimate of drug-likeness (QED) is 0.751. The molecule has 0 atom stereocenters. The van der Waals surface area contributed by atoms with E-state index in [0.29, 0.717) is 39.3 Å². The molecule has 0 aliphatic carbocycles. The van der Waals surface area contributed by atoms with E-state index in [1.54, 1.807) is 11.9 Å². The van der Waals surface area contributed by atoms with Crippen LogP contribution in [0.15, 0.2) is 0 Å². The van der Waals surface area contributed by atoms with E-state index in [1.165, 1.54) is 0 Å². The fourth-order valence-electron chi connectivity index (χ4n) is 3.17. The lowest BCUT2D eigenvalue weighted by Gasteiger charge is -2.46. The Morgan fingerprint density at radius 2 is 2.11 bits per heavy atom. The summed E-state index contributed by atoms with van der Waals surface area (Å²) in [6, 6.07) is -0.100. The maximum Gasteiger partial charge on any atom is 0.317 e. The minimum absolute atomic E-state index is 0.100. The van der Waals surface area contributed by atoms with Gasteiger partial charge < -0.3 is 19.9 Å². The molecule has 0 aromatic heterocycles. The Morgan fingerprint density at radius 3 is 2.68 bits per heavy atom. The number of rotatable bonds is 1. The normalized spacial score (nSPS) is 23.4. The van der Waals surface area contributed by atoms with Gasteiger partial charge in [-0.2, -0.15) is 0 Å². The van der Waals surface area contributed by atoms with E-state index < -0.39 is 0 Å². The Labute approximate surface area is 114 Å². The zero-order valence-electron chi connectivity index (χ0n) is 11.8. The van der Waals surface area contributed by atoms with Crippen LogP contribution >= 0.6 is 0 Å². The largest absolute Gasteiger partial charge is 0.381 e. The van der Waals surface area contributed by atoms with Crippen LogP contribution in [-0.4, -0.2) is 67.2 Å². The Balaban J connectivity index is 2.26. The van der Waals surface area contributed by atoms with Crippen molar-refractivity contribution in [3.8, 4) is 0 Å². The van der Waals surface area contributed by atoms with Crippen molar-refractivity contribution in [2.75, 3.05) is 39.9 Å². The first-order valence-corrected chi connectivity index (χ1v) is 6.98. The van der Waals surface area contributed by atoms with Crippen molar-refractivity contribution in [3.63, 3.8) is 0 Å². The molecular weight excluding hydrogens is 246 g/mol. The first-order valence-electron chi connectivity index (χ1n) is 6.98. The van der Waals surface area contributed by atoms with Crippen LogP contribution in [0.25, 0.3) is 0 Å². The number of hydrogen-bond acceptors (Lipinski definition) is 3. The third kappa shape index (κ3) is 2.68. The third-order valence-electron chi connectivity index (χ3n) is 4.20. The highest BCUT2D eigenvalue weighted by Crippen LogP contribution is 2.31. The van der Waals surface area contributed by atoms with Crippen molar-refractivity contribution < 1.29 is 14.3 Å². The molecule has 1 spiro atoms. The predicted molar refractivity (Wildman–Crippen MR) is 70.8 cm³/mol. The molecule has 2 rings (SSSR count). The van der Waals surface area contributed by atoms with Gasteiger partial charge in [-0.1, -0.05) is 0 Å². The lowest BCUT2D eigenvalue weighted by Crippen LogP contribution is -2.59. The van der Waals surface area contributed by atoms with E-state index in [2.05, 4.69) is 5.32 Å². The Morgan fingerprint density at radius 1 is 1.42 bits per heavy atom. The van der Waals surface area contributed by atoms with E-state index in [9.17, 15) is 9.59 Å². The molecule has 108 valence electrons. The molecule has 0 aromatic rings. The molecule has 6 nitrogen and oxygen atoms in total. The van der Waals surface area contributed by atoms with Crippen LogP contribution in [0.2, 0.25) is 0 Å². The molecule has 0 radical (unpaired) electrons. The second-order valence-electron chi connectivity index (χ2n) is 5.20. The minimum Gasteiger partial charge on any atom is -0.381 e. The van der Waals surface area contributed by atoms with Gasteiger partial charge in [-0.3, -0.25) is 4.79 Å². The predicted octanol–water partition coefficient (Wildman–Crippen LogP) is 0.429. The Hall–Kier alpha value is -1.30. The van der Waals surface area contributed by atoms with E-state index >= 15 is 0 Å². The standard InChI is InChI=1S/C13H23N3O3/c1-3-16-11(17)4-7-15(12(18)14-2)10-13(16)5-8-19-9-6-13/h3-10H2,1-2H3,(H,14,18). The summed E-state index contributed by atoms with van der Waals surface area (Å²) in [5, 5.41) is 2.66. The number of urea groups is 1. The van der Waals surface area contributed by atoms with E-state index in [0.717, 1.165) is 12.8 Å². The molecule has 2 saturated heterocycles. The first-order chi connectivity index (χ1) is 9.13. The highest BCUT2D eigenvalue weighted by molar-refractivity contribution is 5.80. The molecule has 6 heteroatoms. The monoisotopic (exact) mass is 269 g/mol. The summed E-state index contributed by atoms with van der Waals surface area (Å²) in [5.41, 5.74) is -0.243. The van der Waals surface area contributed by atoms with Crippen molar-refractivity contribution in [1.82, 2.24) is 15.1 Å². The van der Waals surface area contributed by atoms with Crippen molar-refractivity contribution in [2.24, 2.45) is 0 Å². The molecule has 2 aliphatic rings. The lowest BCUT2D eigenvalue weighted by atomic mass is 9.87. The topological polar surface area (TPSA) is 61.9 Å². The highest BCUT2D eigenvalue weighted by atomic mass is 16.5. The smallest absolute Gasteiger partial charge is 0.317 e. The average Bonchev–Trinajstić information content (AvgIpc) is 2.56. The van der Waals surface area contributed by atoms with Crippen LogP contribution in [0.4, 0.5) is 4.79 Å². The van der Waals surface area contributed by atoms with Crippen LogP contribution in [0.5, 0.6) is 0 Å². The number of ether oxygens (including phenoxy) is 1. The number of nitrogens with zero attached hydrogens (tertiary/aromatic N) is 2. The zero-order valence-corrected chi connectivity index (χ0v) is 11.8. The van der Waals surface area contributed by atoms with Gasteiger partial charge in [-0.25, -0.2) is 4.79 Å². The average molecular weight is 269 g/mol. The molecule has 0 aromatic carbocycles. The number of carbonyl (C=O) groups excluding carboxylic acids is 2. The van der Waals surface area contributed by atoms with Crippen LogP contribution in [-0.2, 0) is 9.53 Å². The number of nitrogens with one attached hydrogen (secondary N) is 1. The van der Waals surface area contributed by atoms with E-state index in [4.69, 9.17) is 4.74 Å². The summed E-state index contributed by atoms with van der Waals surface area (Å²) >= 11 is 0. The molecule has 2 fully saturated rings. The number of carbonyl (C=O) groups is 2. The van der Waals surface area contributed by atoms with Crippen LogP contribution in [0.3, 0.4) is 0 Å². The van der Waals surface area contributed by atoms with Gasteiger partial charge in [-0.15, -0.1) is 0 Å². The van der Waals surface area contributed by atoms with Gasteiger partial charge in [0.25, 0.3) is 0 Å². The second-order valence-corrected chi connectivity index (χ2v) is 5.20. The van der Waals surface area contributed by atoms with E-state index in [1.807, 2.05) is 11.8 Å². The zero-order chi connectivity index (χ0) is 13.9. The van der Waals surface area contributed by atoms with Crippen molar-refractivity contribution in [2.45, 2.75) is 31.7 Å². The lowest BCUT2D eigenvalue weighted by molar-refractivity contribution is -0.139. The van der Waals surface area contributed by atoms with Gasteiger partial charge in [0, 0.05) is 46.3 Å². The summed E-state index contributed by atoms with van der Waals surface area (Å²) in [6.45, 7) is 5.12. The molecule has 0 bridgehead atoms. The molecular formula is C13H23N3O3. The molecule has 3 amide bonds. The Kier molecular flexibility index (Phi) is 4.29. The van der Waals surface area contributed by atoms with Crippen LogP contribution in [0, 0.1) is 0 Å². The van der Waals surface area contributed by atoms with Gasteiger partial charge in [0.15, 0.2) is 0 Å². The summed E-state index contributed by atoms with van der Waals surface area (Å²) in [4.78, 5) is 27.9. The third-order valence-corrected chi connectivity index (χ3v) is 4.20. The number of likely N-dealkylation sites (N-methyl/N-ethyl adjacent to an activating group) is 1. The van der Waals surface area contributed by atoms with Gasteiger partial charge in [0.2, 0.25) is 5.91 Å². The molecule has 19 heavy (non-hydrogen) atoms. The molecule has 0 unspecified atom stereocenters. The van der Waals surface area contributed by atoms with Gasteiger partial charge in [0.05, 0.1) is 5.54 Å². The van der Waals surface area contributed by atoms with Gasteiger partial charge in [0.1, 0.15) is 0 Å². The molecule has 2 aliphatic heterocycles. The molecule has 2 heterocycles. The minimum atomic E-state index is -0.243. The number of hydrogen-bond donors (Lipinski definition) is 1. The SMILES string of the molecule is CCN1C(=O)CCN(C(=O)NC)CC12CCOCC2. The summed E-state index contributed by atoms with van der Waals surface area (Å²) in [5.74, 6) is 0.149. The second kappa shape index (κ2) is 5.77. The van der Waals surface area contributed by atoms with Crippen molar-refractivity contribution in [3.05, 3.63) is 0 Å². The summed E-state index contributed by atoms with van der Waals surface area (Å²) < 4.78 is 5.43. The van der Waals surface area contributed by atoms with Crippen molar-refractivity contribution >= 4 is 11.9 Å². The molecule has 0 saturated carbocycles. The fourth-order valence-corrected chi connectivity index (χ4v) is 3.17.